The van der Waals surface area contributed by atoms with Gasteiger partial charge in [-0.1, -0.05) is 6.07 Å². The Morgan fingerprint density at radius 3 is 2.59 bits per heavy atom. The third kappa shape index (κ3) is 4.13. The number of nitrogens with zero attached hydrogens (tertiary/aromatic N) is 5. The van der Waals surface area contributed by atoms with Gasteiger partial charge in [-0.3, -0.25) is 0 Å². The number of pyridine rings is 2. The zero-order valence-electron chi connectivity index (χ0n) is 18.9. The average molecular weight is 451 g/mol. The van der Waals surface area contributed by atoms with E-state index in [-0.39, 0.29) is 6.10 Å². The number of aromatic nitrogens is 4. The predicted molar refractivity (Wildman–Crippen MR) is 131 cm³/mol. The maximum atomic E-state index is 9.85. The predicted octanol–water partition coefficient (Wildman–Crippen LogP) is 5.46. The minimum atomic E-state index is -0.164. The number of imidazole rings is 1. The van der Waals surface area contributed by atoms with Crippen LogP contribution in [0.5, 0.6) is 0 Å². The van der Waals surface area contributed by atoms with Gasteiger partial charge in [0.05, 0.1) is 40.8 Å². The molecule has 0 spiro atoms. The van der Waals surface area contributed by atoms with E-state index >= 15 is 0 Å². The second-order valence-electron chi connectivity index (χ2n) is 9.43. The molecule has 0 bridgehead atoms. The molecule has 6 rings (SSSR count). The van der Waals surface area contributed by atoms with Crippen molar-refractivity contribution in [3.8, 4) is 17.3 Å². The van der Waals surface area contributed by atoms with Crippen molar-refractivity contribution in [3.05, 3.63) is 66.1 Å². The normalized spacial score (nSPS) is 20.2. The van der Waals surface area contributed by atoms with Crippen molar-refractivity contribution in [3.63, 3.8) is 0 Å². The van der Waals surface area contributed by atoms with Crippen molar-refractivity contribution in [1.82, 2.24) is 19.5 Å². The third-order valence-corrected chi connectivity index (χ3v) is 6.97. The first kappa shape index (κ1) is 20.8. The minimum Gasteiger partial charge on any atom is -0.393 e. The Labute approximate surface area is 198 Å². The zero-order valence-corrected chi connectivity index (χ0v) is 18.9. The number of rotatable bonds is 5. The highest BCUT2D eigenvalue weighted by Gasteiger charge is 2.25. The second kappa shape index (κ2) is 8.54. The molecular formula is C27H26N6O. The molecule has 7 heteroatoms. The Balaban J connectivity index is 1.33. The summed E-state index contributed by atoms with van der Waals surface area (Å²) in [7, 11) is 0. The molecule has 2 fully saturated rings. The summed E-state index contributed by atoms with van der Waals surface area (Å²) in [4.78, 5) is 13.9. The lowest BCUT2D eigenvalue weighted by molar-refractivity contribution is 0.111. The van der Waals surface area contributed by atoms with Crippen LogP contribution in [0.3, 0.4) is 0 Å². The quantitative estimate of drug-likeness (QED) is 0.419. The van der Waals surface area contributed by atoms with Gasteiger partial charge in [0.15, 0.2) is 0 Å². The van der Waals surface area contributed by atoms with Crippen LogP contribution < -0.4 is 5.32 Å². The fraction of sp³-hybridized carbons (Fsp3) is 0.333. The first-order valence-electron chi connectivity index (χ1n) is 12.0. The van der Waals surface area contributed by atoms with Gasteiger partial charge in [-0.2, -0.15) is 5.26 Å². The lowest BCUT2D eigenvalue weighted by Gasteiger charge is -2.26. The van der Waals surface area contributed by atoms with E-state index in [1.807, 2.05) is 6.33 Å². The molecule has 0 unspecified atom stereocenters. The number of nitriles is 1. The molecule has 2 aliphatic rings. The van der Waals surface area contributed by atoms with Gasteiger partial charge in [-0.15, -0.1) is 0 Å². The van der Waals surface area contributed by atoms with E-state index < -0.39 is 0 Å². The van der Waals surface area contributed by atoms with Crippen LogP contribution in [0, 0.1) is 11.3 Å². The van der Waals surface area contributed by atoms with E-state index in [4.69, 9.17) is 9.97 Å². The molecule has 3 aromatic heterocycles. The summed E-state index contributed by atoms with van der Waals surface area (Å²) in [6.07, 6.45) is 9.46. The highest BCUT2D eigenvalue weighted by Crippen LogP contribution is 2.42. The molecule has 0 radical (unpaired) electrons. The Morgan fingerprint density at radius 2 is 1.79 bits per heavy atom. The average Bonchev–Trinajstić information content (AvgIpc) is 3.64. The summed E-state index contributed by atoms with van der Waals surface area (Å²) in [6.45, 7) is 0. The van der Waals surface area contributed by atoms with E-state index in [0.717, 1.165) is 53.8 Å². The molecule has 170 valence electrons. The molecule has 4 aromatic rings. The molecule has 2 saturated carbocycles. The minimum absolute atomic E-state index is 0.164. The molecule has 2 N–H and O–H groups in total. The van der Waals surface area contributed by atoms with E-state index in [1.165, 1.54) is 18.4 Å². The van der Waals surface area contributed by atoms with Gasteiger partial charge in [-0.05, 0) is 86.4 Å². The molecule has 7 nitrogen and oxygen atoms in total. The summed E-state index contributed by atoms with van der Waals surface area (Å²) in [5.41, 5.74) is 5.85. The SMILES string of the molecule is N#Cc1ccnc(Nc2cc(C3CC3)cc(-c3ccc4c(c3)ncn4[C@H]3CC[C@H](O)CC3)n2)c1. The topological polar surface area (TPSA) is 99.7 Å². The summed E-state index contributed by atoms with van der Waals surface area (Å²) in [5, 5.41) is 22.3. The van der Waals surface area contributed by atoms with Gasteiger partial charge < -0.3 is 15.0 Å². The first-order valence-corrected chi connectivity index (χ1v) is 12.0. The van der Waals surface area contributed by atoms with Gasteiger partial charge >= 0.3 is 0 Å². The molecule has 34 heavy (non-hydrogen) atoms. The van der Waals surface area contributed by atoms with Gasteiger partial charge in [0.25, 0.3) is 0 Å². The number of benzene rings is 1. The molecule has 0 amide bonds. The van der Waals surface area contributed by atoms with Crippen LogP contribution in [0.25, 0.3) is 22.3 Å². The van der Waals surface area contributed by atoms with Crippen molar-refractivity contribution < 1.29 is 5.11 Å². The number of aliphatic hydroxyl groups is 1. The number of hydrogen-bond acceptors (Lipinski definition) is 6. The fourth-order valence-electron chi connectivity index (χ4n) is 4.93. The number of fused-ring (bicyclic) bond motifs is 1. The molecule has 3 heterocycles. The highest BCUT2D eigenvalue weighted by atomic mass is 16.3. The van der Waals surface area contributed by atoms with Crippen LogP contribution in [0.4, 0.5) is 11.6 Å². The number of anilines is 2. The van der Waals surface area contributed by atoms with Crippen molar-refractivity contribution in [2.45, 2.75) is 56.6 Å². The molecule has 0 atom stereocenters. The molecule has 1 aromatic carbocycles. The standard InChI is InChI=1S/C27H26N6O/c28-15-17-9-10-29-26(11-17)32-27-14-20(18-1-2-18)13-23(31-27)19-3-8-25-24(12-19)30-16-33(25)21-4-6-22(34)7-5-21/h3,8-14,16,18,21-22,34H,1-2,4-7H2,(H,29,31,32)/t21-,22-. The molecular weight excluding hydrogens is 424 g/mol. The smallest absolute Gasteiger partial charge is 0.132 e. The van der Waals surface area contributed by atoms with Crippen molar-refractivity contribution in [2.75, 3.05) is 5.32 Å². The third-order valence-electron chi connectivity index (χ3n) is 6.97. The highest BCUT2D eigenvalue weighted by molar-refractivity contribution is 5.82. The monoisotopic (exact) mass is 450 g/mol. The Hall–Kier alpha value is -3.76. The van der Waals surface area contributed by atoms with E-state index in [9.17, 15) is 10.4 Å². The van der Waals surface area contributed by atoms with E-state index in [0.29, 0.717) is 23.3 Å². The van der Waals surface area contributed by atoms with E-state index in [1.54, 1.807) is 18.3 Å². The second-order valence-corrected chi connectivity index (χ2v) is 9.43. The summed E-state index contributed by atoms with van der Waals surface area (Å²) in [5.74, 6) is 1.91. The van der Waals surface area contributed by atoms with Crippen LogP contribution in [0.2, 0.25) is 0 Å². The van der Waals surface area contributed by atoms with E-state index in [2.05, 4.69) is 51.3 Å². The van der Waals surface area contributed by atoms with Gasteiger partial charge in [-0.25, -0.2) is 15.0 Å². The van der Waals surface area contributed by atoms with Crippen molar-refractivity contribution >= 4 is 22.7 Å². The molecule has 2 aliphatic carbocycles. The Kier molecular flexibility index (Phi) is 5.23. The summed E-state index contributed by atoms with van der Waals surface area (Å²) >= 11 is 0. The van der Waals surface area contributed by atoms with Crippen LogP contribution in [-0.2, 0) is 0 Å². The molecule has 0 saturated heterocycles. The maximum absolute atomic E-state index is 9.85. The number of hydrogen-bond donors (Lipinski definition) is 2. The van der Waals surface area contributed by atoms with Crippen LogP contribution in [0.15, 0.2) is 55.0 Å². The van der Waals surface area contributed by atoms with Crippen molar-refractivity contribution in [2.24, 2.45) is 0 Å². The number of aliphatic hydroxyl groups excluding tert-OH is 1. The van der Waals surface area contributed by atoms with Gasteiger partial charge in [0, 0.05) is 17.8 Å². The Morgan fingerprint density at radius 1 is 0.941 bits per heavy atom. The van der Waals surface area contributed by atoms with Crippen LogP contribution >= 0.6 is 0 Å². The lowest BCUT2D eigenvalue weighted by atomic mass is 9.93. The lowest BCUT2D eigenvalue weighted by Crippen LogP contribution is -2.20. The zero-order chi connectivity index (χ0) is 23.1. The van der Waals surface area contributed by atoms with Crippen LogP contribution in [0.1, 0.15) is 61.6 Å². The van der Waals surface area contributed by atoms with Crippen molar-refractivity contribution in [1.29, 1.82) is 5.26 Å². The van der Waals surface area contributed by atoms with Gasteiger partial charge in [0.2, 0.25) is 0 Å². The summed E-state index contributed by atoms with van der Waals surface area (Å²) < 4.78 is 2.26. The first-order chi connectivity index (χ1) is 16.7. The largest absolute Gasteiger partial charge is 0.393 e. The number of nitrogens with one attached hydrogen (secondary N) is 1. The Bertz CT molecular complexity index is 1390. The fourth-order valence-corrected chi connectivity index (χ4v) is 4.93. The molecule has 0 aliphatic heterocycles. The summed E-state index contributed by atoms with van der Waals surface area (Å²) in [6, 6.07) is 16.6. The maximum Gasteiger partial charge on any atom is 0.132 e. The van der Waals surface area contributed by atoms with Gasteiger partial charge in [0.1, 0.15) is 11.6 Å². The van der Waals surface area contributed by atoms with Crippen LogP contribution in [-0.4, -0.2) is 30.7 Å².